The van der Waals surface area contributed by atoms with Gasteiger partial charge in [-0.2, -0.15) is 4.37 Å². The van der Waals surface area contributed by atoms with Crippen molar-refractivity contribution in [3.05, 3.63) is 41.2 Å². The van der Waals surface area contributed by atoms with E-state index >= 15 is 0 Å². The van der Waals surface area contributed by atoms with Crippen molar-refractivity contribution >= 4 is 28.3 Å². The number of anilines is 1. The van der Waals surface area contributed by atoms with Gasteiger partial charge in [0.1, 0.15) is 6.33 Å². The second-order valence-electron chi connectivity index (χ2n) is 3.05. The van der Waals surface area contributed by atoms with E-state index in [0.717, 1.165) is 23.1 Å². The first kappa shape index (κ1) is 10.4. The smallest absolute Gasteiger partial charge is 0.202 e. The van der Waals surface area contributed by atoms with Crippen molar-refractivity contribution in [3.63, 3.8) is 0 Å². The molecule has 1 aromatic carbocycles. The predicted octanol–water partition coefficient (Wildman–Crippen LogP) is 2.85. The third kappa shape index (κ3) is 3.18. The van der Waals surface area contributed by atoms with Crippen LogP contribution >= 0.6 is 23.1 Å². The van der Waals surface area contributed by atoms with Gasteiger partial charge in [-0.15, -0.1) is 0 Å². The Morgan fingerprint density at radius 1 is 1.27 bits per heavy atom. The fourth-order valence-corrected chi connectivity index (χ4v) is 1.80. The highest BCUT2D eigenvalue weighted by atomic mass is 35.5. The van der Waals surface area contributed by atoms with E-state index in [0.29, 0.717) is 0 Å². The van der Waals surface area contributed by atoms with Crippen LogP contribution in [0.3, 0.4) is 0 Å². The third-order valence-electron chi connectivity index (χ3n) is 1.96. The zero-order chi connectivity index (χ0) is 10.5. The van der Waals surface area contributed by atoms with Crippen LogP contribution in [0, 0.1) is 0 Å². The van der Waals surface area contributed by atoms with Crippen LogP contribution in [0.15, 0.2) is 30.6 Å². The molecule has 0 amide bonds. The Morgan fingerprint density at radius 3 is 2.73 bits per heavy atom. The van der Waals surface area contributed by atoms with Crippen LogP contribution in [0.5, 0.6) is 0 Å². The standard InChI is InChI=1S/C10H10ClN3S/c11-9-3-1-8(2-4-9)5-6-12-10-13-7-14-15-10/h1-4,7H,5-6H2,(H,12,13,14). The molecule has 2 rings (SSSR count). The largest absolute Gasteiger partial charge is 0.360 e. The van der Waals surface area contributed by atoms with Gasteiger partial charge in [-0.05, 0) is 24.1 Å². The maximum Gasteiger partial charge on any atom is 0.202 e. The molecule has 0 unspecified atom stereocenters. The van der Waals surface area contributed by atoms with E-state index in [9.17, 15) is 0 Å². The minimum atomic E-state index is 0.774. The molecule has 0 fully saturated rings. The molecular weight excluding hydrogens is 230 g/mol. The van der Waals surface area contributed by atoms with Crippen LogP contribution in [-0.2, 0) is 6.42 Å². The minimum absolute atomic E-state index is 0.774. The maximum absolute atomic E-state index is 5.79. The van der Waals surface area contributed by atoms with Crippen LogP contribution in [0.2, 0.25) is 5.02 Å². The molecule has 0 spiro atoms. The van der Waals surface area contributed by atoms with E-state index in [-0.39, 0.29) is 0 Å². The molecular formula is C10H10ClN3S. The molecule has 0 aliphatic rings. The molecule has 2 aromatic rings. The number of halogens is 1. The van der Waals surface area contributed by atoms with Gasteiger partial charge in [0.05, 0.1) is 0 Å². The normalized spacial score (nSPS) is 10.2. The summed E-state index contributed by atoms with van der Waals surface area (Å²) >= 11 is 7.16. The Kier molecular flexibility index (Phi) is 3.53. The molecule has 0 atom stereocenters. The molecule has 0 radical (unpaired) electrons. The number of aromatic nitrogens is 2. The number of hydrogen-bond acceptors (Lipinski definition) is 4. The maximum atomic E-state index is 5.79. The number of nitrogens with one attached hydrogen (secondary N) is 1. The Hall–Kier alpha value is -1.13. The molecule has 1 aromatic heterocycles. The summed E-state index contributed by atoms with van der Waals surface area (Å²) in [5, 5.41) is 4.84. The zero-order valence-electron chi connectivity index (χ0n) is 7.98. The first-order valence-corrected chi connectivity index (χ1v) is 5.75. The van der Waals surface area contributed by atoms with Crippen molar-refractivity contribution in [3.8, 4) is 0 Å². The van der Waals surface area contributed by atoms with Crippen LogP contribution in [0.4, 0.5) is 5.13 Å². The number of nitrogens with zero attached hydrogens (tertiary/aromatic N) is 2. The lowest BCUT2D eigenvalue weighted by molar-refractivity contribution is 1.01. The Morgan fingerprint density at radius 2 is 2.07 bits per heavy atom. The summed E-state index contributed by atoms with van der Waals surface area (Å²) in [4.78, 5) is 4.04. The molecule has 5 heteroatoms. The summed E-state index contributed by atoms with van der Waals surface area (Å²) in [6, 6.07) is 7.87. The van der Waals surface area contributed by atoms with E-state index in [1.54, 1.807) is 6.33 Å². The molecule has 1 N–H and O–H groups in total. The van der Waals surface area contributed by atoms with Gasteiger partial charge < -0.3 is 5.32 Å². The first-order chi connectivity index (χ1) is 7.34. The third-order valence-corrected chi connectivity index (χ3v) is 2.84. The monoisotopic (exact) mass is 239 g/mol. The van der Waals surface area contributed by atoms with Crippen molar-refractivity contribution in [2.45, 2.75) is 6.42 Å². The van der Waals surface area contributed by atoms with Crippen LogP contribution in [0.1, 0.15) is 5.56 Å². The minimum Gasteiger partial charge on any atom is -0.360 e. The van der Waals surface area contributed by atoms with Gasteiger partial charge in [-0.3, -0.25) is 0 Å². The van der Waals surface area contributed by atoms with Crippen molar-refractivity contribution in [2.24, 2.45) is 0 Å². The Bertz CT molecular complexity index is 399. The van der Waals surface area contributed by atoms with E-state index in [4.69, 9.17) is 11.6 Å². The van der Waals surface area contributed by atoms with Gasteiger partial charge in [0, 0.05) is 23.1 Å². The number of hydrogen-bond donors (Lipinski definition) is 1. The fraction of sp³-hybridized carbons (Fsp3) is 0.200. The van der Waals surface area contributed by atoms with Gasteiger partial charge in [0.2, 0.25) is 5.13 Å². The van der Waals surface area contributed by atoms with Gasteiger partial charge in [-0.25, -0.2) is 4.98 Å². The molecule has 78 valence electrons. The van der Waals surface area contributed by atoms with Crippen LogP contribution < -0.4 is 5.32 Å². The average Bonchev–Trinajstić information content (AvgIpc) is 2.74. The molecule has 0 aliphatic heterocycles. The molecule has 1 heterocycles. The van der Waals surface area contributed by atoms with Gasteiger partial charge in [0.15, 0.2) is 0 Å². The molecule has 0 saturated carbocycles. The molecule has 0 aliphatic carbocycles. The molecule has 15 heavy (non-hydrogen) atoms. The topological polar surface area (TPSA) is 37.8 Å². The summed E-state index contributed by atoms with van der Waals surface area (Å²) in [5.74, 6) is 0. The van der Waals surface area contributed by atoms with Gasteiger partial charge >= 0.3 is 0 Å². The highest BCUT2D eigenvalue weighted by molar-refractivity contribution is 7.09. The molecule has 0 saturated heterocycles. The summed E-state index contributed by atoms with van der Waals surface area (Å²) in [7, 11) is 0. The van der Waals surface area contributed by atoms with E-state index in [1.807, 2.05) is 24.3 Å². The quantitative estimate of drug-likeness (QED) is 0.892. The second-order valence-corrected chi connectivity index (χ2v) is 4.27. The summed E-state index contributed by atoms with van der Waals surface area (Å²) in [5.41, 5.74) is 1.26. The first-order valence-electron chi connectivity index (χ1n) is 4.59. The van der Waals surface area contributed by atoms with Crippen molar-refractivity contribution in [1.29, 1.82) is 0 Å². The van der Waals surface area contributed by atoms with Crippen molar-refractivity contribution in [2.75, 3.05) is 11.9 Å². The summed E-state index contributed by atoms with van der Waals surface area (Å²) < 4.78 is 3.91. The second kappa shape index (κ2) is 5.09. The Balaban J connectivity index is 1.81. The van der Waals surface area contributed by atoms with Crippen LogP contribution in [0.25, 0.3) is 0 Å². The highest BCUT2D eigenvalue weighted by Gasteiger charge is 1.96. The zero-order valence-corrected chi connectivity index (χ0v) is 9.55. The number of rotatable bonds is 4. The summed E-state index contributed by atoms with van der Waals surface area (Å²) in [6.07, 6.45) is 2.51. The number of benzene rings is 1. The van der Waals surface area contributed by atoms with Crippen LogP contribution in [-0.4, -0.2) is 15.9 Å². The lowest BCUT2D eigenvalue weighted by Crippen LogP contribution is -2.04. The van der Waals surface area contributed by atoms with Gasteiger partial charge in [-0.1, -0.05) is 23.7 Å². The van der Waals surface area contributed by atoms with E-state index in [1.165, 1.54) is 17.1 Å². The van der Waals surface area contributed by atoms with Crippen molar-refractivity contribution in [1.82, 2.24) is 9.36 Å². The highest BCUT2D eigenvalue weighted by Crippen LogP contribution is 2.11. The SMILES string of the molecule is Clc1ccc(CCNc2ncns2)cc1. The fourth-order valence-electron chi connectivity index (χ4n) is 1.22. The average molecular weight is 240 g/mol. The Labute approximate surface area is 97.3 Å². The van der Waals surface area contributed by atoms with E-state index in [2.05, 4.69) is 14.7 Å². The van der Waals surface area contributed by atoms with E-state index < -0.39 is 0 Å². The molecule has 3 nitrogen and oxygen atoms in total. The molecule has 0 bridgehead atoms. The van der Waals surface area contributed by atoms with Crippen molar-refractivity contribution < 1.29 is 0 Å². The van der Waals surface area contributed by atoms with Gasteiger partial charge in [0.25, 0.3) is 0 Å². The lowest BCUT2D eigenvalue weighted by atomic mass is 10.1. The summed E-state index contributed by atoms with van der Waals surface area (Å²) in [6.45, 7) is 0.858. The lowest BCUT2D eigenvalue weighted by Gasteiger charge is -2.02. The predicted molar refractivity (Wildman–Crippen MR) is 63.6 cm³/mol.